The fourth-order valence-electron chi connectivity index (χ4n) is 13.7. The van der Waals surface area contributed by atoms with E-state index in [0.29, 0.717) is 47.3 Å². The van der Waals surface area contributed by atoms with Crippen LogP contribution in [0.25, 0.3) is 131 Å². The van der Waals surface area contributed by atoms with Crippen LogP contribution in [0.5, 0.6) is 0 Å². The van der Waals surface area contributed by atoms with E-state index in [1.54, 1.807) is 0 Å². The van der Waals surface area contributed by atoms with E-state index >= 15 is 0 Å². The van der Waals surface area contributed by atoms with Gasteiger partial charge < -0.3 is 0 Å². The Hall–Kier alpha value is -7.54. The molecule has 0 aromatic heterocycles. The monoisotopic (exact) mass is 1070 g/mol. The first-order valence-corrected chi connectivity index (χ1v) is 31.1. The molecule has 0 spiro atoms. The van der Waals surface area contributed by atoms with Crippen LogP contribution in [-0.2, 0) is 0 Å². The molecule has 13 aromatic rings. The number of hydrogen-bond acceptors (Lipinski definition) is 0. The van der Waals surface area contributed by atoms with Gasteiger partial charge in [-0.1, -0.05) is 220 Å². The van der Waals surface area contributed by atoms with Crippen LogP contribution in [0, 0.1) is 0 Å². The molecule has 0 bridgehead atoms. The topological polar surface area (TPSA) is 0 Å². The van der Waals surface area contributed by atoms with Crippen LogP contribution >= 0.6 is 0 Å². The molecule has 410 valence electrons. The average Bonchev–Trinajstić information content (AvgIpc) is 2.54. The predicted molar refractivity (Wildman–Crippen MR) is 363 cm³/mol. The molecule has 0 radical (unpaired) electrons. The zero-order valence-corrected chi connectivity index (χ0v) is 51.6. The summed E-state index contributed by atoms with van der Waals surface area (Å²) >= 11 is 0. The van der Waals surface area contributed by atoms with Crippen molar-refractivity contribution in [3.8, 4) is 44.5 Å². The molecule has 0 aliphatic carbocycles. The summed E-state index contributed by atoms with van der Waals surface area (Å²) in [6, 6.07) is 64.4. The van der Waals surface area contributed by atoms with E-state index in [0.717, 1.165) is 0 Å². The van der Waals surface area contributed by atoms with E-state index in [-0.39, 0.29) is 0 Å². The molecule has 0 saturated heterocycles. The highest BCUT2D eigenvalue weighted by molar-refractivity contribution is 6.41. The smallest absolute Gasteiger partial charge is 0.00195 e. The highest BCUT2D eigenvalue weighted by Gasteiger charge is 2.24. The first-order valence-electron chi connectivity index (χ1n) is 31.1. The molecule has 0 aliphatic rings. The fraction of sp³-hybridized carbons (Fsp3) is 0.293. The van der Waals surface area contributed by atoms with Gasteiger partial charge in [0.2, 0.25) is 0 Å². The lowest BCUT2D eigenvalue weighted by molar-refractivity contribution is 0.834. The van der Waals surface area contributed by atoms with E-state index in [1.807, 2.05) is 0 Å². The Bertz CT molecular complexity index is 4270. The zero-order valence-electron chi connectivity index (χ0n) is 51.6. The van der Waals surface area contributed by atoms with Crippen molar-refractivity contribution in [1.29, 1.82) is 0 Å². The maximum atomic E-state index is 2.58. The lowest BCUT2D eigenvalue weighted by Gasteiger charge is -2.17. The van der Waals surface area contributed by atoms with E-state index in [1.165, 1.54) is 175 Å². The van der Waals surface area contributed by atoms with E-state index < -0.39 is 0 Å². The summed E-state index contributed by atoms with van der Waals surface area (Å²) < 4.78 is 0. The van der Waals surface area contributed by atoms with Crippen LogP contribution in [-0.4, -0.2) is 0 Å². The van der Waals surface area contributed by atoms with Crippen molar-refractivity contribution in [2.75, 3.05) is 0 Å². The molecule has 0 aliphatic heterocycles. The highest BCUT2D eigenvalue weighted by atomic mass is 14.3. The number of fused-ring (bicyclic) bond motifs is 11. The Kier molecular flexibility index (Phi) is 13.2. The summed E-state index contributed by atoms with van der Waals surface area (Å²) in [4.78, 5) is 0. The van der Waals surface area contributed by atoms with Gasteiger partial charge in [-0.2, -0.15) is 0 Å². The number of rotatable bonds is 12. The third-order valence-corrected chi connectivity index (χ3v) is 19.0. The van der Waals surface area contributed by atoms with Gasteiger partial charge in [-0.3, -0.25) is 0 Å². The second-order valence-electron chi connectivity index (χ2n) is 27.3. The van der Waals surface area contributed by atoms with Gasteiger partial charge in [0, 0.05) is 0 Å². The zero-order chi connectivity index (χ0) is 57.5. The molecule has 13 rings (SSSR count). The second kappa shape index (κ2) is 20.1. The van der Waals surface area contributed by atoms with Crippen molar-refractivity contribution in [3.05, 3.63) is 202 Å². The van der Waals surface area contributed by atoms with Crippen LogP contribution in [0.4, 0.5) is 0 Å². The summed E-state index contributed by atoms with van der Waals surface area (Å²) in [6.07, 6.45) is 0. The minimum Gasteiger partial charge on any atom is -0.0587 e. The molecule has 13 aromatic carbocycles. The van der Waals surface area contributed by atoms with E-state index in [4.69, 9.17) is 0 Å². The largest absolute Gasteiger partial charge is 0.0587 e. The van der Waals surface area contributed by atoms with Crippen molar-refractivity contribution >= 4 is 86.2 Å². The SMILES string of the molecule is CC(C)c1cc(-c2ccc3c(c2)c2cc(-c4cc(C(C)C)cc(C(C)C)c4)cc4c5ccc6c(cc7c8ccc(-c9cc(C(C)C)cc(C(C)C)c9)cc8c8cc(-c9cc(C(C)C)cc(C(C)C)c9)cc6c87)c5cc3c42)cc(C(C)C)c1. The molecule has 0 heteroatoms. The Balaban J connectivity index is 1.15. The summed E-state index contributed by atoms with van der Waals surface area (Å²) in [7, 11) is 0. The third kappa shape index (κ3) is 8.94. The summed E-state index contributed by atoms with van der Waals surface area (Å²) in [5.41, 5.74) is 21.5. The molecule has 0 nitrogen and oxygen atoms in total. The predicted octanol–water partition coefficient (Wildman–Crippen LogP) is 25.4. The van der Waals surface area contributed by atoms with Crippen LogP contribution < -0.4 is 0 Å². The van der Waals surface area contributed by atoms with Crippen molar-refractivity contribution in [2.24, 2.45) is 0 Å². The number of hydrogen-bond donors (Lipinski definition) is 0. The first-order chi connectivity index (χ1) is 39.2. The average molecular weight is 1070 g/mol. The Morgan fingerprint density at radius 1 is 0.146 bits per heavy atom. The number of benzene rings is 11. The van der Waals surface area contributed by atoms with Crippen LogP contribution in [0.15, 0.2) is 158 Å². The van der Waals surface area contributed by atoms with Gasteiger partial charge in [0.25, 0.3) is 0 Å². The second-order valence-corrected chi connectivity index (χ2v) is 27.3. The van der Waals surface area contributed by atoms with Gasteiger partial charge in [0.1, 0.15) is 0 Å². The molecule has 0 amide bonds. The fourth-order valence-corrected chi connectivity index (χ4v) is 13.7. The molecule has 0 atom stereocenters. The van der Waals surface area contributed by atoms with Gasteiger partial charge in [0.15, 0.2) is 0 Å². The summed E-state index contributed by atoms with van der Waals surface area (Å²) in [6.45, 7) is 37.3. The van der Waals surface area contributed by atoms with Crippen molar-refractivity contribution in [3.63, 3.8) is 0 Å². The third-order valence-electron chi connectivity index (χ3n) is 19.0. The maximum absolute atomic E-state index is 2.58. The quantitative estimate of drug-likeness (QED) is 0.107. The Morgan fingerprint density at radius 2 is 0.317 bits per heavy atom. The van der Waals surface area contributed by atoms with Crippen LogP contribution in [0.3, 0.4) is 0 Å². The van der Waals surface area contributed by atoms with Gasteiger partial charge in [-0.05, 0) is 271 Å². The molecule has 0 N–H and O–H groups in total. The molecular formula is C82H82. The van der Waals surface area contributed by atoms with Crippen LogP contribution in [0.1, 0.15) is 203 Å². The maximum Gasteiger partial charge on any atom is -0.00195 e. The van der Waals surface area contributed by atoms with Gasteiger partial charge in [0.05, 0.1) is 0 Å². The Labute approximate surface area is 488 Å². The lowest BCUT2D eigenvalue weighted by atomic mass is 9.87. The molecule has 0 heterocycles. The van der Waals surface area contributed by atoms with Crippen molar-refractivity contribution in [2.45, 2.75) is 158 Å². The minimum atomic E-state index is 0.419. The van der Waals surface area contributed by atoms with Crippen molar-refractivity contribution < 1.29 is 0 Å². The summed E-state index contributed by atoms with van der Waals surface area (Å²) in [5.74, 6) is 3.44. The minimum absolute atomic E-state index is 0.419. The van der Waals surface area contributed by atoms with Gasteiger partial charge in [-0.25, -0.2) is 0 Å². The molecule has 0 fully saturated rings. The van der Waals surface area contributed by atoms with Crippen molar-refractivity contribution in [1.82, 2.24) is 0 Å². The standard InChI is InChI=1S/C82H82/c1-43(2)53-23-54(44(3)4)28-61(27-53)51-17-19-67-71(35-51)77-39-65(63-31-57(47(9)10)25-58(32-63)48(11)12)37-75-69-21-22-70-74(73(69)41-79(67)81(75)77)42-80-68-20-18-52(62-29-55(45(5)6)24-56(30-62)46(7)8)36-72(68)78-40-66(38-76(70)82(78)80)64-33-59(49(13)14)26-60(34-64)50(15)16/h17-50H,1-16H3. The Morgan fingerprint density at radius 3 is 0.561 bits per heavy atom. The molecular weight excluding hydrogens is 985 g/mol. The molecule has 82 heavy (non-hydrogen) atoms. The van der Waals surface area contributed by atoms with Crippen LogP contribution in [0.2, 0.25) is 0 Å². The normalized spacial score (nSPS) is 12.8. The van der Waals surface area contributed by atoms with Gasteiger partial charge >= 0.3 is 0 Å². The molecule has 0 saturated carbocycles. The molecule has 0 unspecified atom stereocenters. The van der Waals surface area contributed by atoms with E-state index in [9.17, 15) is 0 Å². The van der Waals surface area contributed by atoms with E-state index in [2.05, 4.69) is 269 Å². The first kappa shape index (κ1) is 53.8. The highest BCUT2D eigenvalue weighted by Crippen LogP contribution is 2.51. The van der Waals surface area contributed by atoms with Gasteiger partial charge in [-0.15, -0.1) is 0 Å². The summed E-state index contributed by atoms with van der Waals surface area (Å²) in [5, 5.41) is 21.3. The lowest BCUT2D eigenvalue weighted by Crippen LogP contribution is -1.95.